The number of halogens is 1. The number of alkyl halides is 1. The van der Waals surface area contributed by atoms with E-state index in [1.807, 2.05) is 13.0 Å². The van der Waals surface area contributed by atoms with Gasteiger partial charge in [-0.15, -0.1) is 0 Å². The van der Waals surface area contributed by atoms with E-state index in [2.05, 4.69) is 22.0 Å². The van der Waals surface area contributed by atoms with Gasteiger partial charge in [-0.05, 0) is 29.2 Å². The topological polar surface area (TPSA) is 61.1 Å². The predicted octanol–water partition coefficient (Wildman–Crippen LogP) is 2.64. The number of carboxylic acids is 1. The van der Waals surface area contributed by atoms with Gasteiger partial charge in [-0.2, -0.15) is 5.26 Å². The fourth-order valence-corrected chi connectivity index (χ4v) is 2.11. The van der Waals surface area contributed by atoms with Crippen LogP contribution >= 0.6 is 15.9 Å². The normalized spacial score (nSPS) is 9.81. The van der Waals surface area contributed by atoms with Crippen molar-refractivity contribution < 1.29 is 9.90 Å². The van der Waals surface area contributed by atoms with Crippen molar-refractivity contribution in [3.8, 4) is 6.07 Å². The van der Waals surface area contributed by atoms with Crippen LogP contribution < -0.4 is 0 Å². The molecule has 1 aromatic rings. The van der Waals surface area contributed by atoms with E-state index in [-0.39, 0.29) is 6.42 Å². The summed E-state index contributed by atoms with van der Waals surface area (Å²) in [4.78, 5) is 10.7. The quantitative estimate of drug-likeness (QED) is 0.863. The molecule has 0 aliphatic heterocycles. The molecule has 0 saturated heterocycles. The third-order valence-electron chi connectivity index (χ3n) is 2.41. The summed E-state index contributed by atoms with van der Waals surface area (Å²) in [5.74, 6) is -0.853. The van der Waals surface area contributed by atoms with Crippen molar-refractivity contribution in [2.24, 2.45) is 0 Å². The average Bonchev–Trinajstić information content (AvgIpc) is 2.27. The summed E-state index contributed by atoms with van der Waals surface area (Å²) < 4.78 is 0. The number of nitrogens with zero attached hydrogens (tertiary/aromatic N) is 1. The Bertz CT molecular complexity index is 449. The maximum Gasteiger partial charge on any atom is 0.307 e. The lowest BCUT2D eigenvalue weighted by molar-refractivity contribution is -0.136. The summed E-state index contributed by atoms with van der Waals surface area (Å²) in [6.07, 6.45) is 0.734. The summed E-state index contributed by atoms with van der Waals surface area (Å²) in [5, 5.41) is 18.3. The van der Waals surface area contributed by atoms with Gasteiger partial charge in [0.1, 0.15) is 0 Å². The van der Waals surface area contributed by atoms with Crippen LogP contribution in [0, 0.1) is 11.3 Å². The molecule has 0 saturated carbocycles. The molecule has 1 aromatic carbocycles. The van der Waals surface area contributed by atoms with E-state index in [1.54, 1.807) is 6.07 Å². The van der Waals surface area contributed by atoms with Crippen LogP contribution in [0.25, 0.3) is 0 Å². The average molecular weight is 282 g/mol. The zero-order chi connectivity index (χ0) is 12.1. The number of aryl methyl sites for hydroxylation is 1. The molecule has 0 aliphatic carbocycles. The van der Waals surface area contributed by atoms with Crippen LogP contribution in [0.15, 0.2) is 12.1 Å². The third kappa shape index (κ3) is 2.83. The molecule has 4 heteroatoms. The molecule has 1 rings (SSSR count). The second kappa shape index (κ2) is 5.66. The van der Waals surface area contributed by atoms with Crippen LogP contribution in [-0.2, 0) is 23.0 Å². The SMILES string of the molecule is CCc1cc(CC(=O)O)c(CBr)cc1C#N. The molecule has 0 fully saturated rings. The highest BCUT2D eigenvalue weighted by Crippen LogP contribution is 2.20. The monoisotopic (exact) mass is 281 g/mol. The fraction of sp³-hybridized carbons (Fsp3) is 0.333. The van der Waals surface area contributed by atoms with Crippen molar-refractivity contribution in [1.29, 1.82) is 5.26 Å². The first kappa shape index (κ1) is 12.7. The van der Waals surface area contributed by atoms with Crippen LogP contribution in [-0.4, -0.2) is 11.1 Å². The summed E-state index contributed by atoms with van der Waals surface area (Å²) in [6.45, 7) is 1.95. The smallest absolute Gasteiger partial charge is 0.307 e. The zero-order valence-corrected chi connectivity index (χ0v) is 10.5. The highest BCUT2D eigenvalue weighted by Gasteiger charge is 2.10. The number of carboxylic acid groups (broad SMARTS) is 1. The highest BCUT2D eigenvalue weighted by molar-refractivity contribution is 9.08. The Hall–Kier alpha value is -1.34. The van der Waals surface area contributed by atoms with E-state index in [4.69, 9.17) is 10.4 Å². The lowest BCUT2D eigenvalue weighted by Gasteiger charge is -2.09. The van der Waals surface area contributed by atoms with E-state index in [1.165, 1.54) is 0 Å². The Morgan fingerprint density at radius 1 is 1.44 bits per heavy atom. The minimum Gasteiger partial charge on any atom is -0.481 e. The Morgan fingerprint density at radius 3 is 2.56 bits per heavy atom. The molecule has 3 nitrogen and oxygen atoms in total. The summed E-state index contributed by atoms with van der Waals surface area (Å²) in [7, 11) is 0. The van der Waals surface area contributed by atoms with Crippen LogP contribution in [0.2, 0.25) is 0 Å². The molecule has 0 heterocycles. The molecule has 0 radical (unpaired) electrons. The fourth-order valence-electron chi connectivity index (χ4n) is 1.59. The summed E-state index contributed by atoms with van der Waals surface area (Å²) in [6, 6.07) is 5.73. The zero-order valence-electron chi connectivity index (χ0n) is 8.96. The molecule has 0 atom stereocenters. The standard InChI is InChI=1S/C12H12BrNO2/c1-2-8-3-9(5-12(15)16)10(6-13)4-11(8)7-14/h3-4H,2,5-6H2,1H3,(H,15,16). The second-order valence-electron chi connectivity index (χ2n) is 3.45. The highest BCUT2D eigenvalue weighted by atomic mass is 79.9. The van der Waals surface area contributed by atoms with Crippen molar-refractivity contribution in [2.45, 2.75) is 25.1 Å². The predicted molar refractivity (Wildman–Crippen MR) is 64.5 cm³/mol. The van der Waals surface area contributed by atoms with Gasteiger partial charge < -0.3 is 5.11 Å². The van der Waals surface area contributed by atoms with Crippen LogP contribution in [0.3, 0.4) is 0 Å². The van der Waals surface area contributed by atoms with Gasteiger partial charge in [-0.3, -0.25) is 4.79 Å². The lowest BCUT2D eigenvalue weighted by Crippen LogP contribution is -2.05. The molecule has 1 N–H and O–H groups in total. The summed E-state index contributed by atoms with van der Waals surface area (Å²) >= 11 is 3.31. The minimum atomic E-state index is -0.853. The Balaban J connectivity index is 3.27. The number of benzene rings is 1. The van der Waals surface area contributed by atoms with Gasteiger partial charge in [0.25, 0.3) is 0 Å². The van der Waals surface area contributed by atoms with Crippen LogP contribution in [0.5, 0.6) is 0 Å². The molecule has 0 aromatic heterocycles. The Kier molecular flexibility index (Phi) is 4.51. The van der Waals surface area contributed by atoms with E-state index >= 15 is 0 Å². The van der Waals surface area contributed by atoms with Crippen molar-refractivity contribution in [3.63, 3.8) is 0 Å². The molecule has 84 valence electrons. The molecule has 0 unspecified atom stereocenters. The van der Waals surface area contributed by atoms with Crippen molar-refractivity contribution in [1.82, 2.24) is 0 Å². The van der Waals surface area contributed by atoms with E-state index in [9.17, 15) is 4.79 Å². The number of aliphatic carboxylic acids is 1. The third-order valence-corrected chi connectivity index (χ3v) is 3.02. The second-order valence-corrected chi connectivity index (χ2v) is 4.01. The first-order chi connectivity index (χ1) is 7.62. The van der Waals surface area contributed by atoms with Crippen LogP contribution in [0.1, 0.15) is 29.2 Å². The lowest BCUT2D eigenvalue weighted by atomic mass is 9.96. The van der Waals surface area contributed by atoms with E-state index in [0.29, 0.717) is 10.9 Å². The molecule has 16 heavy (non-hydrogen) atoms. The van der Waals surface area contributed by atoms with Gasteiger partial charge in [0.05, 0.1) is 18.1 Å². The minimum absolute atomic E-state index is 0.000355. The first-order valence-electron chi connectivity index (χ1n) is 4.94. The van der Waals surface area contributed by atoms with Gasteiger partial charge in [0.15, 0.2) is 0 Å². The molecule has 0 aliphatic rings. The van der Waals surface area contributed by atoms with Crippen molar-refractivity contribution in [2.75, 3.05) is 0 Å². The van der Waals surface area contributed by atoms with Crippen molar-refractivity contribution >= 4 is 21.9 Å². The largest absolute Gasteiger partial charge is 0.481 e. The number of nitriles is 1. The Morgan fingerprint density at radius 2 is 2.12 bits per heavy atom. The van der Waals surface area contributed by atoms with Crippen LogP contribution in [0.4, 0.5) is 0 Å². The summed E-state index contributed by atoms with van der Waals surface area (Å²) in [5.41, 5.74) is 3.19. The van der Waals surface area contributed by atoms with Gasteiger partial charge in [0, 0.05) is 5.33 Å². The van der Waals surface area contributed by atoms with E-state index in [0.717, 1.165) is 23.1 Å². The number of carbonyl (C=O) groups is 1. The maximum atomic E-state index is 10.7. The van der Waals surface area contributed by atoms with Gasteiger partial charge in [-0.1, -0.05) is 28.9 Å². The molecular weight excluding hydrogens is 270 g/mol. The van der Waals surface area contributed by atoms with Gasteiger partial charge in [-0.25, -0.2) is 0 Å². The molecule has 0 spiro atoms. The van der Waals surface area contributed by atoms with E-state index < -0.39 is 5.97 Å². The molecular formula is C12H12BrNO2. The Labute approximate surface area is 103 Å². The number of rotatable bonds is 4. The van der Waals surface area contributed by atoms with Gasteiger partial charge >= 0.3 is 5.97 Å². The molecule has 0 amide bonds. The molecule has 0 bridgehead atoms. The maximum absolute atomic E-state index is 10.7. The first-order valence-corrected chi connectivity index (χ1v) is 6.07. The number of hydrogen-bond acceptors (Lipinski definition) is 2. The number of hydrogen-bond donors (Lipinski definition) is 1. The van der Waals surface area contributed by atoms with Crippen molar-refractivity contribution in [3.05, 3.63) is 34.4 Å². The van der Waals surface area contributed by atoms with Gasteiger partial charge in [0.2, 0.25) is 0 Å².